The first-order valence-corrected chi connectivity index (χ1v) is 13.1. The Hall–Kier alpha value is -3.02. The summed E-state index contributed by atoms with van der Waals surface area (Å²) in [7, 11) is 0. The molecule has 7 heteroatoms. The number of carbonyl (C=O) groups is 2. The maximum Gasteiger partial charge on any atom is 0.261 e. The molecule has 0 aliphatic rings. The SMILES string of the molecule is CCNC(=O)[C@H](Cc1ccccc1)N(Cc1ccc(Cl)c(Cl)c1)C(=O)COc1ccc(C(C)(C)C)cc1. The van der Waals surface area contributed by atoms with Gasteiger partial charge in [-0.1, -0.05) is 92.5 Å². The summed E-state index contributed by atoms with van der Waals surface area (Å²) in [5.74, 6) is 0.0564. The van der Waals surface area contributed by atoms with Crippen LogP contribution in [0.15, 0.2) is 72.8 Å². The fraction of sp³-hybridized carbons (Fsp3) is 0.333. The van der Waals surface area contributed by atoms with Crippen LogP contribution in [0.2, 0.25) is 10.0 Å². The monoisotopic (exact) mass is 540 g/mol. The lowest BCUT2D eigenvalue weighted by atomic mass is 9.87. The largest absolute Gasteiger partial charge is 0.484 e. The van der Waals surface area contributed by atoms with Gasteiger partial charge in [0.1, 0.15) is 11.8 Å². The standard InChI is InChI=1S/C30H34Cl2N2O3/c1-5-33-29(36)27(18-21-9-7-6-8-10-21)34(19-22-11-16-25(31)26(32)17-22)28(35)20-37-24-14-12-23(13-15-24)30(2,3)4/h6-17,27H,5,18-20H2,1-4H3,(H,33,36)/t27-/m0/s1. The highest BCUT2D eigenvalue weighted by atomic mass is 35.5. The van der Waals surface area contributed by atoms with E-state index in [0.717, 1.165) is 11.1 Å². The third kappa shape index (κ3) is 8.24. The van der Waals surface area contributed by atoms with Gasteiger partial charge in [0.25, 0.3) is 5.91 Å². The Balaban J connectivity index is 1.88. The van der Waals surface area contributed by atoms with Crippen LogP contribution in [0.1, 0.15) is 44.4 Å². The van der Waals surface area contributed by atoms with Gasteiger partial charge >= 0.3 is 0 Å². The molecule has 3 rings (SSSR count). The second-order valence-electron chi connectivity index (χ2n) is 9.93. The molecule has 0 aliphatic carbocycles. The fourth-order valence-electron chi connectivity index (χ4n) is 3.96. The zero-order chi connectivity index (χ0) is 27.0. The molecule has 0 radical (unpaired) electrons. The normalized spacial score (nSPS) is 12.1. The maximum atomic E-state index is 13.6. The molecule has 0 saturated carbocycles. The lowest BCUT2D eigenvalue weighted by Crippen LogP contribution is -2.51. The van der Waals surface area contributed by atoms with E-state index in [1.165, 1.54) is 5.56 Å². The van der Waals surface area contributed by atoms with Crippen molar-refractivity contribution in [3.63, 3.8) is 0 Å². The van der Waals surface area contributed by atoms with Crippen molar-refractivity contribution in [2.45, 2.75) is 52.1 Å². The Kier molecular flexibility index (Phi) is 10.0. The van der Waals surface area contributed by atoms with Crippen molar-refractivity contribution in [1.82, 2.24) is 10.2 Å². The van der Waals surface area contributed by atoms with E-state index in [9.17, 15) is 9.59 Å². The van der Waals surface area contributed by atoms with Gasteiger partial charge in [0.15, 0.2) is 6.61 Å². The number of likely N-dealkylation sites (N-methyl/N-ethyl adjacent to an activating group) is 1. The van der Waals surface area contributed by atoms with E-state index in [1.807, 2.05) is 61.5 Å². The van der Waals surface area contributed by atoms with Crippen LogP contribution in [0.3, 0.4) is 0 Å². The summed E-state index contributed by atoms with van der Waals surface area (Å²) in [6.07, 6.45) is 0.361. The summed E-state index contributed by atoms with van der Waals surface area (Å²) < 4.78 is 5.87. The van der Waals surface area contributed by atoms with Crippen LogP contribution in [0.25, 0.3) is 0 Å². The van der Waals surface area contributed by atoms with E-state index < -0.39 is 6.04 Å². The van der Waals surface area contributed by atoms with E-state index in [2.05, 4.69) is 26.1 Å². The van der Waals surface area contributed by atoms with Crippen molar-refractivity contribution < 1.29 is 14.3 Å². The van der Waals surface area contributed by atoms with Crippen molar-refractivity contribution in [2.75, 3.05) is 13.2 Å². The Morgan fingerprint density at radius 2 is 1.59 bits per heavy atom. The molecule has 0 aliphatic heterocycles. The van der Waals surface area contributed by atoms with Crippen LogP contribution in [0.4, 0.5) is 0 Å². The molecule has 0 spiro atoms. The third-order valence-corrected chi connectivity index (χ3v) is 6.78. The van der Waals surface area contributed by atoms with E-state index in [1.54, 1.807) is 23.1 Å². The third-order valence-electron chi connectivity index (χ3n) is 6.04. The molecular weight excluding hydrogens is 507 g/mol. The van der Waals surface area contributed by atoms with Crippen molar-refractivity contribution in [3.05, 3.63) is 99.5 Å². The molecule has 0 fully saturated rings. The number of rotatable bonds is 10. The number of ether oxygens (including phenoxy) is 1. The smallest absolute Gasteiger partial charge is 0.261 e. The first-order valence-electron chi connectivity index (χ1n) is 12.4. The lowest BCUT2D eigenvalue weighted by Gasteiger charge is -2.31. The molecule has 3 aromatic carbocycles. The molecule has 2 amide bonds. The lowest BCUT2D eigenvalue weighted by molar-refractivity contribution is -0.142. The minimum atomic E-state index is -0.740. The molecule has 0 unspecified atom stereocenters. The van der Waals surface area contributed by atoms with Gasteiger partial charge in [0.05, 0.1) is 10.0 Å². The van der Waals surface area contributed by atoms with Gasteiger partial charge in [-0.15, -0.1) is 0 Å². The van der Waals surface area contributed by atoms with Crippen molar-refractivity contribution in [2.24, 2.45) is 0 Å². The number of hydrogen-bond donors (Lipinski definition) is 1. The quantitative estimate of drug-likeness (QED) is 0.321. The highest BCUT2D eigenvalue weighted by molar-refractivity contribution is 6.42. The van der Waals surface area contributed by atoms with Crippen LogP contribution in [-0.4, -0.2) is 35.9 Å². The Morgan fingerprint density at radius 1 is 0.919 bits per heavy atom. The molecule has 196 valence electrons. The predicted octanol–water partition coefficient (Wildman–Crippen LogP) is 6.45. The Bertz CT molecular complexity index is 1190. The molecule has 37 heavy (non-hydrogen) atoms. The minimum Gasteiger partial charge on any atom is -0.484 e. The Labute approximate surface area is 229 Å². The van der Waals surface area contributed by atoms with Gasteiger partial charge in [0.2, 0.25) is 5.91 Å². The van der Waals surface area contributed by atoms with Crippen LogP contribution < -0.4 is 10.1 Å². The van der Waals surface area contributed by atoms with Gasteiger partial charge in [0, 0.05) is 19.5 Å². The van der Waals surface area contributed by atoms with Crippen molar-refractivity contribution >= 4 is 35.0 Å². The van der Waals surface area contributed by atoms with Crippen molar-refractivity contribution in [3.8, 4) is 5.75 Å². The Morgan fingerprint density at radius 3 is 2.19 bits per heavy atom. The summed E-state index contributed by atoms with van der Waals surface area (Å²) in [5, 5.41) is 3.69. The topological polar surface area (TPSA) is 58.6 Å². The number of halogens is 2. The number of benzene rings is 3. The molecule has 0 saturated heterocycles. The number of carbonyl (C=O) groups excluding carboxylic acids is 2. The van der Waals surface area contributed by atoms with E-state index in [4.69, 9.17) is 27.9 Å². The maximum absolute atomic E-state index is 13.6. The number of nitrogens with zero attached hydrogens (tertiary/aromatic N) is 1. The van der Waals surface area contributed by atoms with Crippen LogP contribution in [0.5, 0.6) is 5.75 Å². The fourth-order valence-corrected chi connectivity index (χ4v) is 4.28. The zero-order valence-electron chi connectivity index (χ0n) is 21.8. The van der Waals surface area contributed by atoms with E-state index in [0.29, 0.717) is 28.8 Å². The van der Waals surface area contributed by atoms with E-state index >= 15 is 0 Å². The van der Waals surface area contributed by atoms with Gasteiger partial charge < -0.3 is 15.0 Å². The van der Waals surface area contributed by atoms with E-state index in [-0.39, 0.29) is 30.4 Å². The zero-order valence-corrected chi connectivity index (χ0v) is 23.3. The van der Waals surface area contributed by atoms with Gasteiger partial charge in [-0.05, 0) is 53.3 Å². The number of hydrogen-bond acceptors (Lipinski definition) is 3. The molecule has 1 N–H and O–H groups in total. The van der Waals surface area contributed by atoms with Gasteiger partial charge in [-0.2, -0.15) is 0 Å². The summed E-state index contributed by atoms with van der Waals surface area (Å²) >= 11 is 12.3. The average molecular weight is 542 g/mol. The van der Waals surface area contributed by atoms with Crippen LogP contribution >= 0.6 is 23.2 Å². The number of amides is 2. The molecule has 3 aromatic rings. The average Bonchev–Trinajstić information content (AvgIpc) is 2.87. The number of nitrogens with one attached hydrogen (secondary N) is 1. The highest BCUT2D eigenvalue weighted by Gasteiger charge is 2.30. The second-order valence-corrected chi connectivity index (χ2v) is 10.7. The van der Waals surface area contributed by atoms with Crippen LogP contribution in [0, 0.1) is 0 Å². The van der Waals surface area contributed by atoms with Gasteiger partial charge in [-0.3, -0.25) is 9.59 Å². The molecular formula is C30H34Cl2N2O3. The molecule has 0 bridgehead atoms. The summed E-state index contributed by atoms with van der Waals surface area (Å²) in [6, 6.07) is 21.8. The van der Waals surface area contributed by atoms with Crippen molar-refractivity contribution in [1.29, 1.82) is 0 Å². The highest BCUT2D eigenvalue weighted by Crippen LogP contribution is 2.26. The minimum absolute atomic E-state index is 0.0162. The predicted molar refractivity (Wildman–Crippen MR) is 150 cm³/mol. The molecule has 5 nitrogen and oxygen atoms in total. The first-order chi connectivity index (χ1) is 17.6. The summed E-state index contributed by atoms with van der Waals surface area (Å²) in [4.78, 5) is 28.4. The summed E-state index contributed by atoms with van der Waals surface area (Å²) in [6.45, 7) is 8.70. The second kappa shape index (κ2) is 13.0. The molecule has 1 atom stereocenters. The molecule has 0 heterocycles. The molecule has 0 aromatic heterocycles. The van der Waals surface area contributed by atoms with Crippen LogP contribution in [-0.2, 0) is 28.0 Å². The van der Waals surface area contributed by atoms with Gasteiger partial charge in [-0.25, -0.2) is 0 Å². The first kappa shape index (κ1) is 28.5. The summed E-state index contributed by atoms with van der Waals surface area (Å²) in [5.41, 5.74) is 2.90.